The Morgan fingerprint density at radius 3 is 2.26 bits per heavy atom. The van der Waals surface area contributed by atoms with Gasteiger partial charge in [-0.2, -0.15) is 0 Å². The van der Waals surface area contributed by atoms with Gasteiger partial charge in [-0.1, -0.05) is 18.2 Å². The summed E-state index contributed by atoms with van der Waals surface area (Å²) in [5, 5.41) is 0. The topological polar surface area (TPSA) is 81.4 Å². The molecule has 2 heterocycles. The first kappa shape index (κ1) is 17.5. The fourth-order valence-electron chi connectivity index (χ4n) is 3.74. The lowest BCUT2D eigenvalue weighted by atomic mass is 10.1. The zero-order chi connectivity index (χ0) is 19.5. The van der Waals surface area contributed by atoms with E-state index in [0.29, 0.717) is 23.1 Å². The van der Waals surface area contributed by atoms with Crippen molar-refractivity contribution >= 4 is 26.7 Å². The van der Waals surface area contributed by atoms with Crippen molar-refractivity contribution in [2.24, 2.45) is 14.1 Å². The Balaban J connectivity index is 1.95. The Morgan fingerprint density at radius 1 is 0.926 bits per heavy atom. The molecule has 1 aromatic heterocycles. The molecular weight excluding hydrogens is 366 g/mol. The number of sulfonamides is 1. The van der Waals surface area contributed by atoms with Crippen LogP contribution in [0.2, 0.25) is 0 Å². The van der Waals surface area contributed by atoms with Crippen molar-refractivity contribution in [1.82, 2.24) is 9.13 Å². The number of nitrogens with zero attached hydrogens (tertiary/aromatic N) is 3. The van der Waals surface area contributed by atoms with Gasteiger partial charge in [-0.25, -0.2) is 8.42 Å². The zero-order valence-corrected chi connectivity index (χ0v) is 16.0. The molecule has 8 heteroatoms. The van der Waals surface area contributed by atoms with Crippen molar-refractivity contribution in [3.8, 4) is 0 Å². The summed E-state index contributed by atoms with van der Waals surface area (Å²) in [6.45, 7) is 1.87. The van der Waals surface area contributed by atoms with Crippen molar-refractivity contribution in [3.05, 3.63) is 68.7 Å². The van der Waals surface area contributed by atoms with E-state index in [1.54, 1.807) is 12.1 Å². The Morgan fingerprint density at radius 2 is 1.56 bits per heavy atom. The second kappa shape index (κ2) is 5.82. The van der Waals surface area contributed by atoms with E-state index in [9.17, 15) is 18.0 Å². The molecule has 0 spiro atoms. The minimum absolute atomic E-state index is 0.0900. The summed E-state index contributed by atoms with van der Waals surface area (Å²) in [4.78, 5) is 24.2. The van der Waals surface area contributed by atoms with Gasteiger partial charge in [0.1, 0.15) is 0 Å². The van der Waals surface area contributed by atoms with Crippen LogP contribution in [-0.4, -0.2) is 23.6 Å². The average molecular weight is 385 g/mol. The molecule has 0 fully saturated rings. The van der Waals surface area contributed by atoms with E-state index in [4.69, 9.17) is 0 Å². The van der Waals surface area contributed by atoms with Crippen LogP contribution in [0.5, 0.6) is 0 Å². The number of aryl methyl sites for hydroxylation is 2. The summed E-state index contributed by atoms with van der Waals surface area (Å²) in [6, 6.07) is 11.8. The van der Waals surface area contributed by atoms with Crippen molar-refractivity contribution in [2.45, 2.75) is 24.3 Å². The number of hydrogen-bond acceptors (Lipinski definition) is 4. The van der Waals surface area contributed by atoms with E-state index in [2.05, 4.69) is 0 Å². The number of rotatable bonds is 2. The first-order valence-electron chi connectivity index (χ1n) is 8.55. The van der Waals surface area contributed by atoms with Crippen LogP contribution in [0.15, 0.2) is 56.9 Å². The van der Waals surface area contributed by atoms with Crippen LogP contribution in [0.3, 0.4) is 0 Å². The van der Waals surface area contributed by atoms with Crippen LogP contribution in [0.25, 0.3) is 11.0 Å². The van der Waals surface area contributed by atoms with E-state index >= 15 is 0 Å². The smallest absolute Gasteiger partial charge is 0.305 e. The maximum atomic E-state index is 13.4. The van der Waals surface area contributed by atoms with Crippen LogP contribution < -0.4 is 15.4 Å². The molecule has 3 aromatic rings. The fraction of sp³-hybridized carbons (Fsp3) is 0.263. The molecule has 1 aliphatic rings. The van der Waals surface area contributed by atoms with Gasteiger partial charge >= 0.3 is 11.1 Å². The van der Waals surface area contributed by atoms with Gasteiger partial charge in [0.05, 0.1) is 21.6 Å². The summed E-state index contributed by atoms with van der Waals surface area (Å²) in [7, 11) is -0.847. The van der Waals surface area contributed by atoms with Crippen molar-refractivity contribution < 1.29 is 8.42 Å². The highest BCUT2D eigenvalue weighted by Gasteiger charge is 2.36. The minimum Gasteiger partial charge on any atom is -0.305 e. The largest absolute Gasteiger partial charge is 0.316 e. The number of para-hydroxylation sites is 1. The number of aromatic nitrogens is 2. The lowest BCUT2D eigenvalue weighted by Crippen LogP contribution is -2.39. The van der Waals surface area contributed by atoms with Crippen molar-refractivity contribution in [2.75, 3.05) is 4.31 Å². The number of fused-ring (bicyclic) bond motifs is 2. The molecule has 2 aromatic carbocycles. The second-order valence-corrected chi connectivity index (χ2v) is 8.68. The normalized spacial score (nSPS) is 16.7. The maximum absolute atomic E-state index is 13.4. The maximum Gasteiger partial charge on any atom is 0.316 e. The summed E-state index contributed by atoms with van der Waals surface area (Å²) in [5.41, 5.74) is 1.21. The molecule has 0 saturated carbocycles. The number of anilines is 1. The van der Waals surface area contributed by atoms with E-state index < -0.39 is 21.1 Å². The van der Waals surface area contributed by atoms with Gasteiger partial charge in [-0.3, -0.25) is 13.9 Å². The molecule has 0 amide bonds. The first-order chi connectivity index (χ1) is 12.7. The molecule has 27 heavy (non-hydrogen) atoms. The lowest BCUT2D eigenvalue weighted by molar-refractivity contribution is 0.584. The molecule has 0 aliphatic carbocycles. The van der Waals surface area contributed by atoms with Gasteiger partial charge in [0.2, 0.25) is 0 Å². The van der Waals surface area contributed by atoms with Crippen LogP contribution in [0.4, 0.5) is 5.69 Å². The molecule has 0 bridgehead atoms. The lowest BCUT2D eigenvalue weighted by Gasteiger charge is -2.24. The van der Waals surface area contributed by atoms with E-state index in [-0.39, 0.29) is 10.9 Å². The molecule has 140 valence electrons. The SMILES string of the molecule is C[C@H]1Cc2ccccc2N1S(=O)(=O)c1ccc2c(c1)n(C)c(=O)c(=O)n2C. The van der Waals surface area contributed by atoms with E-state index in [0.717, 1.165) is 5.56 Å². The molecule has 1 aliphatic heterocycles. The van der Waals surface area contributed by atoms with E-state index in [1.807, 2.05) is 25.1 Å². The van der Waals surface area contributed by atoms with Gasteiger partial charge in [0.15, 0.2) is 0 Å². The number of benzene rings is 2. The third-order valence-electron chi connectivity index (χ3n) is 5.16. The summed E-state index contributed by atoms with van der Waals surface area (Å²) in [6.07, 6.45) is 0.649. The second-order valence-electron chi connectivity index (χ2n) is 6.86. The molecule has 0 N–H and O–H groups in total. The molecule has 7 nitrogen and oxygen atoms in total. The predicted octanol–water partition coefficient (Wildman–Crippen LogP) is 1.38. The van der Waals surface area contributed by atoms with Gasteiger partial charge in [-0.15, -0.1) is 0 Å². The van der Waals surface area contributed by atoms with E-state index in [1.165, 1.54) is 39.7 Å². The summed E-state index contributed by atoms with van der Waals surface area (Å²) in [5.74, 6) is 0. The summed E-state index contributed by atoms with van der Waals surface area (Å²) < 4.78 is 30.6. The van der Waals surface area contributed by atoms with Gasteiger partial charge in [-0.05, 0) is 43.2 Å². The summed E-state index contributed by atoms with van der Waals surface area (Å²) >= 11 is 0. The molecular formula is C19H19N3O4S. The highest BCUT2D eigenvalue weighted by Crippen LogP contribution is 2.36. The fourth-order valence-corrected chi connectivity index (χ4v) is 5.45. The van der Waals surface area contributed by atoms with Gasteiger partial charge < -0.3 is 9.13 Å². The van der Waals surface area contributed by atoms with Crippen LogP contribution in [0, 0.1) is 0 Å². The van der Waals surface area contributed by atoms with Crippen LogP contribution >= 0.6 is 0 Å². The molecule has 0 unspecified atom stereocenters. The molecule has 4 rings (SSSR count). The monoisotopic (exact) mass is 385 g/mol. The zero-order valence-electron chi connectivity index (χ0n) is 15.2. The van der Waals surface area contributed by atoms with Crippen molar-refractivity contribution in [3.63, 3.8) is 0 Å². The third-order valence-corrected chi connectivity index (χ3v) is 7.09. The first-order valence-corrected chi connectivity index (χ1v) is 9.99. The quantitative estimate of drug-likeness (QED) is 0.624. The highest BCUT2D eigenvalue weighted by atomic mass is 32.2. The van der Waals surface area contributed by atoms with Gasteiger partial charge in [0.25, 0.3) is 10.0 Å². The Hall–Kier alpha value is -2.87. The van der Waals surface area contributed by atoms with Gasteiger partial charge in [0, 0.05) is 20.1 Å². The molecule has 0 saturated heterocycles. The van der Waals surface area contributed by atoms with Crippen molar-refractivity contribution in [1.29, 1.82) is 0 Å². The Bertz CT molecular complexity index is 1300. The minimum atomic E-state index is -3.81. The van der Waals surface area contributed by atoms with Crippen LogP contribution in [0.1, 0.15) is 12.5 Å². The molecule has 1 atom stereocenters. The Kier molecular flexibility index (Phi) is 3.78. The van der Waals surface area contributed by atoms with Crippen LogP contribution in [-0.2, 0) is 30.5 Å². The standard InChI is InChI=1S/C19H19N3O4S/c1-12-10-13-6-4-5-7-15(13)22(12)27(25,26)14-8-9-16-17(11-14)21(3)19(24)18(23)20(16)2/h4-9,11-12H,10H2,1-3H3/t12-/m0/s1. The molecule has 0 radical (unpaired) electrons. The predicted molar refractivity (Wildman–Crippen MR) is 104 cm³/mol. The number of hydrogen-bond donors (Lipinski definition) is 0. The highest BCUT2D eigenvalue weighted by molar-refractivity contribution is 7.92. The average Bonchev–Trinajstić information content (AvgIpc) is 3.00. The Labute approximate surface area is 156 Å². The third kappa shape index (κ3) is 2.43.